The van der Waals surface area contributed by atoms with E-state index in [0.717, 1.165) is 15.1 Å². The Hall–Kier alpha value is -1.17. The number of hydrogen-bond donors (Lipinski definition) is 1. The monoisotopic (exact) mass is 356 g/mol. The first kappa shape index (κ1) is 14.2. The molecule has 2 aromatic rings. The summed E-state index contributed by atoms with van der Waals surface area (Å²) in [4.78, 5) is 12.8. The zero-order chi connectivity index (χ0) is 13.8. The molecule has 2 rings (SSSR count). The Labute approximate surface area is 128 Å². The lowest BCUT2D eigenvalue weighted by molar-refractivity contribution is 0.0955. The van der Waals surface area contributed by atoms with Crippen molar-refractivity contribution in [2.45, 2.75) is 6.92 Å². The van der Waals surface area contributed by atoms with Crippen LogP contribution in [0.3, 0.4) is 0 Å². The van der Waals surface area contributed by atoms with E-state index < -0.39 is 0 Å². The van der Waals surface area contributed by atoms with Crippen molar-refractivity contribution in [2.75, 3.05) is 0 Å². The summed E-state index contributed by atoms with van der Waals surface area (Å²) >= 11 is 10.6. The van der Waals surface area contributed by atoms with Crippen molar-refractivity contribution in [1.82, 2.24) is 5.43 Å². The number of benzene rings is 1. The second-order valence-electron chi connectivity index (χ2n) is 3.75. The lowest BCUT2D eigenvalue weighted by Crippen LogP contribution is -2.18. The second kappa shape index (κ2) is 6.32. The molecule has 98 valence electrons. The molecule has 6 heteroatoms. The molecule has 0 aliphatic carbocycles. The second-order valence-corrected chi connectivity index (χ2v) is 6.38. The smallest absolute Gasteiger partial charge is 0.267 e. The number of carbonyl (C=O) groups is 1. The molecule has 1 amide bonds. The maximum absolute atomic E-state index is 11.8. The van der Waals surface area contributed by atoms with Crippen LogP contribution in [0.4, 0.5) is 0 Å². The number of amides is 1. The fourth-order valence-electron chi connectivity index (χ4n) is 1.36. The van der Waals surface area contributed by atoms with Gasteiger partial charge in [-0.15, -0.1) is 11.3 Å². The minimum atomic E-state index is -0.241. The zero-order valence-corrected chi connectivity index (χ0v) is 13.1. The van der Waals surface area contributed by atoms with Gasteiger partial charge < -0.3 is 0 Å². The van der Waals surface area contributed by atoms with Crippen LogP contribution in [0.5, 0.6) is 0 Å². The number of hydrazone groups is 1. The number of thiophene rings is 1. The molecule has 0 bridgehead atoms. The van der Waals surface area contributed by atoms with Crippen molar-refractivity contribution in [1.29, 1.82) is 0 Å². The first-order valence-corrected chi connectivity index (χ1v) is 7.41. The van der Waals surface area contributed by atoms with E-state index in [0.29, 0.717) is 9.90 Å². The zero-order valence-electron chi connectivity index (χ0n) is 9.98. The van der Waals surface area contributed by atoms with Crippen molar-refractivity contribution >= 4 is 50.5 Å². The van der Waals surface area contributed by atoms with Gasteiger partial charge >= 0.3 is 0 Å². The Balaban J connectivity index is 2.05. The highest BCUT2D eigenvalue weighted by Crippen LogP contribution is 2.21. The van der Waals surface area contributed by atoms with Gasteiger partial charge in [0.1, 0.15) is 0 Å². The summed E-state index contributed by atoms with van der Waals surface area (Å²) in [6, 6.07) is 10.8. The summed E-state index contributed by atoms with van der Waals surface area (Å²) < 4.78 is 1.63. The molecule has 3 nitrogen and oxygen atoms in total. The summed E-state index contributed by atoms with van der Waals surface area (Å²) in [7, 11) is 0. The average molecular weight is 358 g/mol. The number of rotatable bonds is 3. The maximum Gasteiger partial charge on any atom is 0.271 e. The first-order valence-electron chi connectivity index (χ1n) is 5.42. The third kappa shape index (κ3) is 3.89. The summed E-state index contributed by atoms with van der Waals surface area (Å²) in [5, 5.41) is 4.06. The highest BCUT2D eigenvalue weighted by atomic mass is 79.9. The Morgan fingerprint density at radius 1 is 1.26 bits per heavy atom. The quantitative estimate of drug-likeness (QED) is 0.645. The molecule has 0 saturated heterocycles. The van der Waals surface area contributed by atoms with E-state index in [9.17, 15) is 4.79 Å². The molecule has 0 fully saturated rings. The Kier molecular flexibility index (Phi) is 4.74. The van der Waals surface area contributed by atoms with E-state index in [4.69, 9.17) is 11.6 Å². The van der Waals surface area contributed by atoms with Crippen LogP contribution < -0.4 is 5.43 Å². The number of nitrogens with zero attached hydrogens (tertiary/aromatic N) is 1. The maximum atomic E-state index is 11.8. The minimum Gasteiger partial charge on any atom is -0.267 e. The molecular formula is C13H10BrClN2OS. The average Bonchev–Trinajstić information content (AvgIpc) is 2.83. The highest BCUT2D eigenvalue weighted by Gasteiger charge is 2.05. The molecule has 1 N–H and O–H groups in total. The molecule has 0 atom stereocenters. The lowest BCUT2D eigenvalue weighted by Gasteiger charge is -2.01. The number of halogens is 2. The van der Waals surface area contributed by atoms with Crippen LogP contribution >= 0.6 is 38.9 Å². The predicted octanol–water partition coefficient (Wildman–Crippen LogP) is 4.32. The van der Waals surface area contributed by atoms with Gasteiger partial charge in [-0.3, -0.25) is 4.79 Å². The molecule has 19 heavy (non-hydrogen) atoms. The molecule has 0 radical (unpaired) electrons. The van der Waals surface area contributed by atoms with Crippen LogP contribution in [0.2, 0.25) is 4.34 Å². The van der Waals surface area contributed by atoms with Crippen molar-refractivity contribution in [3.05, 3.63) is 55.6 Å². The molecule has 0 unspecified atom stereocenters. The molecular weight excluding hydrogens is 348 g/mol. The number of carbonyl (C=O) groups excluding carboxylic acids is 1. The lowest BCUT2D eigenvalue weighted by atomic mass is 10.2. The van der Waals surface area contributed by atoms with E-state index >= 15 is 0 Å². The third-order valence-electron chi connectivity index (χ3n) is 2.36. The largest absolute Gasteiger partial charge is 0.271 e. The molecule has 0 aliphatic heterocycles. The fourth-order valence-corrected chi connectivity index (χ4v) is 2.62. The van der Waals surface area contributed by atoms with Crippen molar-refractivity contribution in [3.8, 4) is 0 Å². The van der Waals surface area contributed by atoms with Gasteiger partial charge in [-0.25, -0.2) is 5.43 Å². The van der Waals surface area contributed by atoms with Gasteiger partial charge in [-0.1, -0.05) is 27.5 Å². The fraction of sp³-hybridized carbons (Fsp3) is 0.0769. The number of nitrogens with one attached hydrogen (secondary N) is 1. The van der Waals surface area contributed by atoms with Crippen molar-refractivity contribution in [2.24, 2.45) is 5.10 Å². The van der Waals surface area contributed by atoms with Gasteiger partial charge in [0.15, 0.2) is 0 Å². The number of hydrogen-bond acceptors (Lipinski definition) is 3. The van der Waals surface area contributed by atoms with E-state index in [2.05, 4.69) is 26.5 Å². The standard InChI is InChI=1S/C13H10BrClN2OS/c1-8(11-6-7-12(15)19-11)16-17-13(18)9-2-4-10(14)5-3-9/h2-7H,1H3,(H,17,18). The molecule has 0 aliphatic rings. The SMILES string of the molecule is CC(=NNC(=O)c1ccc(Br)cc1)c1ccc(Cl)s1. The molecule has 1 aromatic heterocycles. The van der Waals surface area contributed by atoms with Crippen LogP contribution in [-0.4, -0.2) is 11.6 Å². The molecule has 0 spiro atoms. The first-order chi connectivity index (χ1) is 9.06. The third-order valence-corrected chi connectivity index (χ3v) is 4.23. The Morgan fingerprint density at radius 3 is 2.53 bits per heavy atom. The molecule has 1 heterocycles. The van der Waals surface area contributed by atoms with Gasteiger partial charge in [0, 0.05) is 10.0 Å². The van der Waals surface area contributed by atoms with E-state index in [1.165, 1.54) is 11.3 Å². The van der Waals surface area contributed by atoms with Crippen molar-refractivity contribution in [3.63, 3.8) is 0 Å². The Bertz CT molecular complexity index is 622. The van der Waals surface area contributed by atoms with Gasteiger partial charge in [-0.2, -0.15) is 5.10 Å². The topological polar surface area (TPSA) is 41.5 Å². The Morgan fingerprint density at radius 2 is 1.95 bits per heavy atom. The summed E-state index contributed by atoms with van der Waals surface area (Å²) in [5.74, 6) is -0.241. The van der Waals surface area contributed by atoms with Crippen molar-refractivity contribution < 1.29 is 4.79 Å². The summed E-state index contributed by atoms with van der Waals surface area (Å²) in [6.07, 6.45) is 0. The van der Waals surface area contributed by atoms with Gasteiger partial charge in [0.25, 0.3) is 5.91 Å². The van der Waals surface area contributed by atoms with Gasteiger partial charge in [0.2, 0.25) is 0 Å². The molecule has 0 saturated carbocycles. The van der Waals surface area contributed by atoms with Gasteiger partial charge in [-0.05, 0) is 43.3 Å². The molecule has 1 aromatic carbocycles. The summed E-state index contributed by atoms with van der Waals surface area (Å²) in [5.41, 5.74) is 3.81. The van der Waals surface area contributed by atoms with Crippen LogP contribution in [0.1, 0.15) is 22.2 Å². The summed E-state index contributed by atoms with van der Waals surface area (Å²) in [6.45, 7) is 1.82. The van der Waals surface area contributed by atoms with Gasteiger partial charge in [0.05, 0.1) is 14.9 Å². The normalized spacial score (nSPS) is 11.4. The van der Waals surface area contributed by atoms with Crippen LogP contribution in [0.25, 0.3) is 0 Å². The van der Waals surface area contributed by atoms with E-state index in [1.807, 2.05) is 25.1 Å². The highest BCUT2D eigenvalue weighted by molar-refractivity contribution is 9.10. The van der Waals surface area contributed by atoms with Crippen LogP contribution in [-0.2, 0) is 0 Å². The van der Waals surface area contributed by atoms with E-state index in [1.54, 1.807) is 18.2 Å². The predicted molar refractivity (Wildman–Crippen MR) is 83.1 cm³/mol. The van der Waals surface area contributed by atoms with E-state index in [-0.39, 0.29) is 5.91 Å². The van der Waals surface area contributed by atoms with Crippen LogP contribution in [0, 0.1) is 0 Å². The van der Waals surface area contributed by atoms with Crippen LogP contribution in [0.15, 0.2) is 46.0 Å². The minimum absolute atomic E-state index is 0.241.